The minimum Gasteiger partial charge on any atom is -0.369 e. The molecular weight excluding hydrogens is 192 g/mol. The Hall–Kier alpha value is -2.10. The number of rotatable bonds is 2. The lowest BCUT2D eigenvalue weighted by Crippen LogP contribution is -2.16. The Balaban J connectivity index is 2.71. The van der Waals surface area contributed by atoms with Gasteiger partial charge in [0.1, 0.15) is 0 Å². The second kappa shape index (κ2) is 3.57. The normalized spacial score (nSPS) is 10.4. The van der Waals surface area contributed by atoms with Crippen LogP contribution in [-0.2, 0) is 11.2 Å². The number of fused-ring (bicyclic) bond motifs is 1. The number of hydrogen-bond donors (Lipinski definition) is 2. The van der Waals surface area contributed by atoms with Gasteiger partial charge in [0.15, 0.2) is 0 Å². The minimum atomic E-state index is -0.410. The molecule has 76 valence electrons. The van der Waals surface area contributed by atoms with Crippen molar-refractivity contribution in [1.82, 2.24) is 4.98 Å². The Bertz CT molecular complexity index is 572. The van der Waals surface area contributed by atoms with E-state index < -0.39 is 5.91 Å². The van der Waals surface area contributed by atoms with Crippen molar-refractivity contribution in [3.8, 4) is 0 Å². The van der Waals surface area contributed by atoms with Crippen molar-refractivity contribution in [3.63, 3.8) is 0 Å². The molecule has 0 saturated carbocycles. The fourth-order valence-corrected chi connectivity index (χ4v) is 1.60. The van der Waals surface area contributed by atoms with E-state index in [0.717, 1.165) is 10.9 Å². The molecule has 2 rings (SSSR count). The van der Waals surface area contributed by atoms with E-state index in [1.165, 1.54) is 6.20 Å². The molecule has 3 N–H and O–H groups in total. The first-order chi connectivity index (χ1) is 7.18. The molecule has 0 saturated heterocycles. The highest BCUT2D eigenvalue weighted by atomic mass is 16.1. The van der Waals surface area contributed by atoms with Gasteiger partial charge in [-0.3, -0.25) is 9.59 Å². The third kappa shape index (κ3) is 1.74. The maximum absolute atomic E-state index is 11.4. The number of primary amides is 1. The van der Waals surface area contributed by atoms with E-state index in [-0.39, 0.29) is 12.0 Å². The average molecular weight is 202 g/mol. The lowest BCUT2D eigenvalue weighted by atomic mass is 10.1. The van der Waals surface area contributed by atoms with E-state index in [0.29, 0.717) is 5.39 Å². The number of carbonyl (C=O) groups is 1. The first-order valence-electron chi connectivity index (χ1n) is 4.56. The molecule has 15 heavy (non-hydrogen) atoms. The zero-order valence-electron chi connectivity index (χ0n) is 7.99. The van der Waals surface area contributed by atoms with Gasteiger partial charge >= 0.3 is 0 Å². The molecule has 1 heterocycles. The highest BCUT2D eigenvalue weighted by Crippen LogP contribution is 2.14. The molecule has 0 unspecified atom stereocenters. The Morgan fingerprint density at radius 1 is 1.27 bits per heavy atom. The van der Waals surface area contributed by atoms with Crippen molar-refractivity contribution in [2.75, 3.05) is 0 Å². The van der Waals surface area contributed by atoms with Crippen LogP contribution < -0.4 is 11.3 Å². The Morgan fingerprint density at radius 3 is 2.60 bits per heavy atom. The topological polar surface area (TPSA) is 76.0 Å². The zero-order chi connectivity index (χ0) is 10.8. The summed E-state index contributed by atoms with van der Waals surface area (Å²) in [6, 6.07) is 7.14. The van der Waals surface area contributed by atoms with E-state index >= 15 is 0 Å². The van der Waals surface area contributed by atoms with Crippen LogP contribution in [0.3, 0.4) is 0 Å². The van der Waals surface area contributed by atoms with Crippen LogP contribution in [0.5, 0.6) is 0 Å². The summed E-state index contributed by atoms with van der Waals surface area (Å²) in [7, 11) is 0. The molecule has 0 aliphatic heterocycles. The van der Waals surface area contributed by atoms with Gasteiger partial charge in [0.25, 0.3) is 5.56 Å². The van der Waals surface area contributed by atoms with Crippen molar-refractivity contribution in [1.29, 1.82) is 0 Å². The lowest BCUT2D eigenvalue weighted by molar-refractivity contribution is -0.117. The van der Waals surface area contributed by atoms with Crippen LogP contribution in [0.25, 0.3) is 10.8 Å². The first kappa shape index (κ1) is 9.45. The lowest BCUT2D eigenvalue weighted by Gasteiger charge is -2.02. The van der Waals surface area contributed by atoms with Crippen LogP contribution >= 0.6 is 0 Å². The maximum atomic E-state index is 11.4. The smallest absolute Gasteiger partial charge is 0.255 e. The number of nitrogens with one attached hydrogen (secondary N) is 1. The quantitative estimate of drug-likeness (QED) is 0.746. The first-order valence-corrected chi connectivity index (χ1v) is 4.56. The third-order valence-corrected chi connectivity index (χ3v) is 2.26. The molecule has 1 aromatic heterocycles. The van der Waals surface area contributed by atoms with Gasteiger partial charge in [0, 0.05) is 11.6 Å². The minimum absolute atomic E-state index is 0.136. The molecule has 0 aliphatic carbocycles. The average Bonchev–Trinajstić information content (AvgIpc) is 2.22. The van der Waals surface area contributed by atoms with Crippen LogP contribution in [0.15, 0.2) is 35.3 Å². The Labute approximate surface area is 85.7 Å². The SMILES string of the molecule is NC(=O)Cc1c[nH]c(=O)c2ccccc12. The van der Waals surface area contributed by atoms with Crippen molar-refractivity contribution in [2.45, 2.75) is 6.42 Å². The second-order valence-corrected chi connectivity index (χ2v) is 3.33. The van der Waals surface area contributed by atoms with Gasteiger partial charge in [0.05, 0.1) is 6.42 Å². The van der Waals surface area contributed by atoms with Crippen LogP contribution in [-0.4, -0.2) is 10.9 Å². The van der Waals surface area contributed by atoms with Crippen LogP contribution in [0.2, 0.25) is 0 Å². The predicted molar refractivity (Wildman–Crippen MR) is 57.5 cm³/mol. The molecule has 1 aromatic carbocycles. The molecule has 0 atom stereocenters. The number of benzene rings is 1. The molecule has 4 heteroatoms. The van der Waals surface area contributed by atoms with Crippen molar-refractivity contribution in [2.24, 2.45) is 5.73 Å². The zero-order valence-corrected chi connectivity index (χ0v) is 7.99. The van der Waals surface area contributed by atoms with E-state index in [4.69, 9.17) is 5.73 Å². The summed E-state index contributed by atoms with van der Waals surface area (Å²) in [6.07, 6.45) is 1.67. The van der Waals surface area contributed by atoms with Crippen LogP contribution in [0, 0.1) is 0 Å². The van der Waals surface area contributed by atoms with Gasteiger partial charge in [-0.1, -0.05) is 18.2 Å². The summed E-state index contributed by atoms with van der Waals surface area (Å²) < 4.78 is 0. The van der Waals surface area contributed by atoms with E-state index in [2.05, 4.69) is 4.98 Å². The molecule has 4 nitrogen and oxygen atoms in total. The van der Waals surface area contributed by atoms with Crippen LogP contribution in [0.1, 0.15) is 5.56 Å². The monoisotopic (exact) mass is 202 g/mol. The largest absolute Gasteiger partial charge is 0.369 e. The van der Waals surface area contributed by atoms with Gasteiger partial charge in [0.2, 0.25) is 5.91 Å². The summed E-state index contributed by atoms with van der Waals surface area (Å²) in [5.74, 6) is -0.410. The van der Waals surface area contributed by atoms with Crippen LogP contribution in [0.4, 0.5) is 0 Å². The van der Waals surface area contributed by atoms with Gasteiger partial charge in [-0.05, 0) is 17.0 Å². The molecule has 1 amide bonds. The molecule has 0 spiro atoms. The fourth-order valence-electron chi connectivity index (χ4n) is 1.60. The number of pyridine rings is 1. The fraction of sp³-hybridized carbons (Fsp3) is 0.0909. The highest BCUT2D eigenvalue weighted by Gasteiger charge is 2.05. The third-order valence-electron chi connectivity index (χ3n) is 2.26. The van der Waals surface area contributed by atoms with Gasteiger partial charge < -0.3 is 10.7 Å². The molecular formula is C11H10N2O2. The summed E-state index contributed by atoms with van der Waals surface area (Å²) in [5.41, 5.74) is 5.72. The summed E-state index contributed by atoms with van der Waals surface area (Å²) in [4.78, 5) is 24.9. The summed E-state index contributed by atoms with van der Waals surface area (Å²) in [5, 5.41) is 1.36. The van der Waals surface area contributed by atoms with Gasteiger partial charge in [-0.25, -0.2) is 0 Å². The number of aromatic nitrogens is 1. The number of amides is 1. The predicted octanol–water partition coefficient (Wildman–Crippen LogP) is 0.556. The highest BCUT2D eigenvalue weighted by molar-refractivity contribution is 5.88. The summed E-state index contributed by atoms with van der Waals surface area (Å²) in [6.45, 7) is 0. The Kier molecular flexibility index (Phi) is 2.25. The number of carbonyl (C=O) groups excluding carboxylic acids is 1. The number of nitrogens with two attached hydrogens (primary N) is 1. The van der Waals surface area contributed by atoms with Crippen molar-refractivity contribution >= 4 is 16.7 Å². The molecule has 0 aliphatic rings. The number of H-pyrrole nitrogens is 1. The van der Waals surface area contributed by atoms with Gasteiger partial charge in [-0.15, -0.1) is 0 Å². The molecule has 2 aromatic rings. The molecule has 0 fully saturated rings. The Morgan fingerprint density at radius 2 is 1.93 bits per heavy atom. The standard InChI is InChI=1S/C11H10N2O2/c12-10(14)5-7-6-13-11(15)9-4-2-1-3-8(7)9/h1-4,6H,5H2,(H2,12,14)(H,13,15). The summed E-state index contributed by atoms with van der Waals surface area (Å²) >= 11 is 0. The van der Waals surface area contributed by atoms with Crippen molar-refractivity contribution < 1.29 is 4.79 Å². The van der Waals surface area contributed by atoms with E-state index in [1.54, 1.807) is 12.1 Å². The van der Waals surface area contributed by atoms with E-state index in [9.17, 15) is 9.59 Å². The molecule has 0 radical (unpaired) electrons. The number of hydrogen-bond acceptors (Lipinski definition) is 2. The maximum Gasteiger partial charge on any atom is 0.255 e. The van der Waals surface area contributed by atoms with Gasteiger partial charge in [-0.2, -0.15) is 0 Å². The van der Waals surface area contributed by atoms with Crippen molar-refractivity contribution in [3.05, 3.63) is 46.4 Å². The number of aromatic amines is 1. The van der Waals surface area contributed by atoms with E-state index in [1.807, 2.05) is 12.1 Å². The molecule has 0 bridgehead atoms. The second-order valence-electron chi connectivity index (χ2n) is 3.33.